The van der Waals surface area contributed by atoms with E-state index in [0.29, 0.717) is 11.1 Å². The Labute approximate surface area is 185 Å². The molecule has 2 aromatic carbocycles. The second-order valence-corrected chi connectivity index (χ2v) is 12.6. The van der Waals surface area contributed by atoms with E-state index in [1.807, 2.05) is 41.5 Å². The normalized spacial score (nSPS) is 12.3. The number of benzene rings is 2. The lowest BCUT2D eigenvalue weighted by atomic mass is 9.96. The lowest BCUT2D eigenvalue weighted by Crippen LogP contribution is -2.28. The summed E-state index contributed by atoms with van der Waals surface area (Å²) < 4.78 is 52.4. The highest BCUT2D eigenvalue weighted by Crippen LogP contribution is 2.31. The van der Waals surface area contributed by atoms with Crippen LogP contribution in [0.3, 0.4) is 0 Å². The van der Waals surface area contributed by atoms with Crippen molar-refractivity contribution in [1.29, 1.82) is 0 Å². The van der Waals surface area contributed by atoms with Crippen molar-refractivity contribution < 1.29 is 21.6 Å². The Bertz CT molecular complexity index is 1200. The van der Waals surface area contributed by atoms with Gasteiger partial charge in [0.1, 0.15) is 0 Å². The van der Waals surface area contributed by atoms with Crippen molar-refractivity contribution in [2.45, 2.75) is 77.0 Å². The van der Waals surface area contributed by atoms with Gasteiger partial charge in [-0.2, -0.15) is 0 Å². The SMILES string of the molecule is Cc1cc(C)c(S(=O)(=O)C(=[N+]=[N-])S(=O)(=O)c2cc(C(C)C)c(C)cc2C)cc1C(C)C. The molecule has 6 nitrogen and oxygen atoms in total. The third-order valence-corrected chi connectivity index (χ3v) is 9.93. The van der Waals surface area contributed by atoms with Gasteiger partial charge >= 0.3 is 4.38 Å². The predicted octanol–water partition coefficient (Wildman–Crippen LogP) is 5.00. The molecule has 0 heterocycles. The van der Waals surface area contributed by atoms with Crippen LogP contribution in [0.25, 0.3) is 5.53 Å². The molecule has 0 saturated heterocycles. The van der Waals surface area contributed by atoms with Crippen LogP contribution in [0.5, 0.6) is 0 Å². The quantitative estimate of drug-likeness (QED) is 0.276. The zero-order valence-electron chi connectivity index (χ0n) is 19.3. The smallest absolute Gasteiger partial charge is 0.359 e. The molecule has 31 heavy (non-hydrogen) atoms. The summed E-state index contributed by atoms with van der Waals surface area (Å²) in [6, 6.07) is 6.37. The zero-order valence-corrected chi connectivity index (χ0v) is 20.9. The van der Waals surface area contributed by atoms with Gasteiger partial charge in [-0.3, -0.25) is 0 Å². The van der Waals surface area contributed by atoms with Gasteiger partial charge in [-0.1, -0.05) is 39.8 Å². The summed E-state index contributed by atoms with van der Waals surface area (Å²) in [7, 11) is -9.22. The zero-order chi connectivity index (χ0) is 23.9. The molecule has 0 unspecified atom stereocenters. The van der Waals surface area contributed by atoms with Gasteiger partial charge in [-0.05, 0) is 85.0 Å². The molecule has 0 bridgehead atoms. The maximum absolute atomic E-state index is 13.4. The largest absolute Gasteiger partial charge is 0.504 e. The fourth-order valence-corrected chi connectivity index (χ4v) is 7.77. The fraction of sp³-hybridized carbons (Fsp3) is 0.435. The average Bonchev–Trinajstić information content (AvgIpc) is 2.60. The van der Waals surface area contributed by atoms with Crippen LogP contribution in [0.4, 0.5) is 0 Å². The Balaban J connectivity index is 2.81. The highest BCUT2D eigenvalue weighted by Gasteiger charge is 2.45. The molecule has 0 aliphatic carbocycles. The molecule has 0 fully saturated rings. The molecule has 0 aliphatic heterocycles. The predicted molar refractivity (Wildman–Crippen MR) is 123 cm³/mol. The van der Waals surface area contributed by atoms with Crippen molar-refractivity contribution in [2.24, 2.45) is 0 Å². The Hall–Kier alpha value is -2.28. The molecular weight excluding hydrogens is 432 g/mol. The van der Waals surface area contributed by atoms with Crippen LogP contribution in [0.1, 0.15) is 72.9 Å². The van der Waals surface area contributed by atoms with E-state index < -0.39 is 24.1 Å². The van der Waals surface area contributed by atoms with Crippen molar-refractivity contribution >= 4 is 24.1 Å². The first-order valence-electron chi connectivity index (χ1n) is 10.1. The maximum Gasteiger partial charge on any atom is 0.504 e. The Kier molecular flexibility index (Phi) is 7.00. The van der Waals surface area contributed by atoms with E-state index in [1.54, 1.807) is 26.0 Å². The summed E-state index contributed by atoms with van der Waals surface area (Å²) in [5.74, 6) is 0.0715. The molecule has 2 rings (SSSR count). The number of sulfone groups is 2. The second kappa shape index (κ2) is 8.69. The Morgan fingerprint density at radius 1 is 0.677 bits per heavy atom. The molecule has 0 amide bonds. The minimum Gasteiger partial charge on any atom is -0.359 e. The van der Waals surface area contributed by atoms with Gasteiger partial charge in [-0.15, -0.1) is 4.79 Å². The van der Waals surface area contributed by atoms with Crippen LogP contribution in [0.15, 0.2) is 34.1 Å². The molecule has 0 aromatic heterocycles. The molecule has 168 valence electrons. The van der Waals surface area contributed by atoms with E-state index >= 15 is 0 Å². The lowest BCUT2D eigenvalue weighted by Gasteiger charge is -2.15. The number of hydrogen-bond donors (Lipinski definition) is 0. The average molecular weight is 463 g/mol. The van der Waals surface area contributed by atoms with Crippen LogP contribution < -0.4 is 0 Å². The molecule has 2 aromatic rings. The lowest BCUT2D eigenvalue weighted by molar-refractivity contribution is 0.00379. The third kappa shape index (κ3) is 4.52. The maximum atomic E-state index is 13.4. The highest BCUT2D eigenvalue weighted by atomic mass is 32.3. The second-order valence-electron chi connectivity index (χ2n) is 8.63. The topological polar surface area (TPSA) is 105 Å². The summed E-state index contributed by atoms with van der Waals surface area (Å²) in [6.45, 7) is 14.6. The van der Waals surface area contributed by atoms with Crippen LogP contribution in [0, 0.1) is 27.7 Å². The van der Waals surface area contributed by atoms with Crippen LogP contribution in [-0.4, -0.2) is 26.0 Å². The molecule has 0 saturated carbocycles. The first kappa shape index (κ1) is 25.0. The standard InChI is InChI=1S/C23H30N2O4S2/c1-13(2)19-11-21(17(7)9-15(19)5)30(26,27)23(25-24)31(28,29)22-12-20(14(3)4)16(6)10-18(22)8/h9-14H,1-8H3. The number of hydrogen-bond acceptors (Lipinski definition) is 4. The van der Waals surface area contributed by atoms with E-state index in [2.05, 4.69) is 4.79 Å². The van der Waals surface area contributed by atoms with Crippen molar-refractivity contribution in [3.05, 3.63) is 63.2 Å². The van der Waals surface area contributed by atoms with Gasteiger partial charge in [0, 0.05) is 0 Å². The van der Waals surface area contributed by atoms with Gasteiger partial charge in [0.2, 0.25) is 0 Å². The summed E-state index contributed by atoms with van der Waals surface area (Å²) in [5.41, 5.74) is 13.8. The summed E-state index contributed by atoms with van der Waals surface area (Å²) in [4.78, 5) is 2.45. The molecule has 0 radical (unpaired) electrons. The van der Waals surface area contributed by atoms with E-state index in [4.69, 9.17) is 0 Å². The van der Waals surface area contributed by atoms with Crippen LogP contribution >= 0.6 is 0 Å². The van der Waals surface area contributed by atoms with Crippen molar-refractivity contribution in [1.82, 2.24) is 0 Å². The third-order valence-electron chi connectivity index (χ3n) is 5.49. The molecule has 0 spiro atoms. The minimum absolute atomic E-state index is 0.0358. The monoisotopic (exact) mass is 462 g/mol. The van der Waals surface area contributed by atoms with E-state index in [9.17, 15) is 22.4 Å². The van der Waals surface area contributed by atoms with Gasteiger partial charge in [-0.25, -0.2) is 16.8 Å². The molecular formula is C23H30N2O4S2. The first-order chi connectivity index (χ1) is 14.2. The fourth-order valence-electron chi connectivity index (χ4n) is 3.96. The van der Waals surface area contributed by atoms with Gasteiger partial charge in [0.05, 0.1) is 9.79 Å². The summed E-state index contributed by atoms with van der Waals surface area (Å²) in [5, 5.41) is 0. The van der Waals surface area contributed by atoms with Crippen molar-refractivity contribution in [3.63, 3.8) is 0 Å². The summed E-state index contributed by atoms with van der Waals surface area (Å²) in [6.07, 6.45) is 0. The van der Waals surface area contributed by atoms with Crippen LogP contribution in [0.2, 0.25) is 0 Å². The number of nitrogens with zero attached hydrogens (tertiary/aromatic N) is 2. The van der Waals surface area contributed by atoms with Crippen LogP contribution in [-0.2, 0) is 19.7 Å². The van der Waals surface area contributed by atoms with Crippen molar-refractivity contribution in [2.75, 3.05) is 0 Å². The number of aryl methyl sites for hydroxylation is 4. The van der Waals surface area contributed by atoms with E-state index in [0.717, 1.165) is 22.3 Å². The summed E-state index contributed by atoms with van der Waals surface area (Å²) >= 11 is 0. The van der Waals surface area contributed by atoms with Crippen molar-refractivity contribution in [3.8, 4) is 0 Å². The molecule has 0 N–H and O–H groups in total. The van der Waals surface area contributed by atoms with Gasteiger partial charge in [0.15, 0.2) is 0 Å². The highest BCUT2D eigenvalue weighted by molar-refractivity contribution is 8.31. The van der Waals surface area contributed by atoms with E-state index in [-0.39, 0.29) is 21.6 Å². The van der Waals surface area contributed by atoms with E-state index in [1.165, 1.54) is 12.1 Å². The Morgan fingerprint density at radius 3 is 1.26 bits per heavy atom. The first-order valence-corrected chi connectivity index (χ1v) is 13.1. The molecule has 0 atom stereocenters. The Morgan fingerprint density at radius 2 is 1.00 bits per heavy atom. The molecule has 8 heteroatoms. The number of rotatable bonds is 4. The molecule has 0 aliphatic rings. The minimum atomic E-state index is -4.61. The van der Waals surface area contributed by atoms with Gasteiger partial charge in [0.25, 0.3) is 19.7 Å². The van der Waals surface area contributed by atoms with Gasteiger partial charge < -0.3 is 5.53 Å².